The lowest BCUT2D eigenvalue weighted by molar-refractivity contribution is -0.140. The molecule has 9 heteroatoms. The molecule has 146 valence electrons. The summed E-state index contributed by atoms with van der Waals surface area (Å²) in [5, 5.41) is 13.3. The van der Waals surface area contributed by atoms with Crippen LogP contribution in [-0.2, 0) is 16.1 Å². The van der Waals surface area contributed by atoms with Gasteiger partial charge in [0.15, 0.2) is 5.96 Å². The zero-order chi connectivity index (χ0) is 18.3. The van der Waals surface area contributed by atoms with Crippen LogP contribution in [0.5, 0.6) is 0 Å². The summed E-state index contributed by atoms with van der Waals surface area (Å²) in [4.78, 5) is 30.9. The predicted molar refractivity (Wildman–Crippen MR) is 111 cm³/mol. The molecule has 4 rings (SSSR count). The van der Waals surface area contributed by atoms with E-state index < -0.39 is 0 Å². The maximum Gasteiger partial charge on any atom is 0.233 e. The van der Waals surface area contributed by atoms with Crippen molar-refractivity contribution in [2.75, 3.05) is 20.1 Å². The van der Waals surface area contributed by atoms with Crippen molar-refractivity contribution in [3.05, 3.63) is 29.6 Å². The van der Waals surface area contributed by atoms with E-state index in [9.17, 15) is 9.59 Å². The first-order valence-corrected chi connectivity index (χ1v) is 9.07. The number of rotatable bonds is 5. The van der Waals surface area contributed by atoms with E-state index in [1.54, 1.807) is 13.2 Å². The molecule has 4 atom stereocenters. The first-order valence-electron chi connectivity index (χ1n) is 9.07. The summed E-state index contributed by atoms with van der Waals surface area (Å²) in [6.45, 7) is 3.41. The third kappa shape index (κ3) is 3.48. The molecule has 2 amide bonds. The zero-order valence-electron chi connectivity index (χ0n) is 15.4. The number of aliphatic imine (C=N–C) groups is 1. The van der Waals surface area contributed by atoms with Gasteiger partial charge in [0.1, 0.15) is 0 Å². The molecule has 1 aromatic rings. The lowest BCUT2D eigenvalue weighted by atomic mass is 9.85. The molecule has 8 nitrogen and oxygen atoms in total. The number of hydrogen-bond donors (Lipinski definition) is 3. The quantitative estimate of drug-likeness (QED) is 0.189. The average molecular weight is 484 g/mol. The second-order valence-corrected chi connectivity index (χ2v) is 7.20. The number of likely N-dealkylation sites (tertiary alicyclic amines) is 1. The molecule has 2 bridgehead atoms. The van der Waals surface area contributed by atoms with Crippen LogP contribution in [0.25, 0.3) is 0 Å². The molecule has 4 unspecified atom stereocenters. The van der Waals surface area contributed by atoms with Crippen LogP contribution in [0.15, 0.2) is 23.3 Å². The number of aryl methyl sites for hydroxylation is 1. The molecule has 1 aliphatic heterocycles. The Morgan fingerprint density at radius 1 is 1.26 bits per heavy atom. The number of H-pyrrole nitrogens is 1. The van der Waals surface area contributed by atoms with Gasteiger partial charge in [-0.2, -0.15) is 5.10 Å². The maximum atomic E-state index is 12.6. The van der Waals surface area contributed by atoms with Gasteiger partial charge in [-0.15, -0.1) is 24.0 Å². The molecule has 0 radical (unpaired) electrons. The van der Waals surface area contributed by atoms with Crippen LogP contribution in [0.3, 0.4) is 0 Å². The van der Waals surface area contributed by atoms with Crippen LogP contribution in [0.4, 0.5) is 0 Å². The van der Waals surface area contributed by atoms with Crippen LogP contribution in [0.1, 0.15) is 17.7 Å². The number of guanidine groups is 1. The minimum atomic E-state index is -0.126. The van der Waals surface area contributed by atoms with Gasteiger partial charge in [-0.1, -0.05) is 12.2 Å². The SMILES string of the molecule is CN=C(NCCN1C(=O)C2C3C=CC(C3)C2C1=O)NCc1cn[nH]c1C.I. The number of aromatic nitrogens is 2. The highest BCUT2D eigenvalue weighted by molar-refractivity contribution is 14.0. The number of nitrogens with one attached hydrogen (secondary N) is 3. The number of nitrogens with zero attached hydrogens (tertiary/aromatic N) is 3. The smallest absolute Gasteiger partial charge is 0.233 e. The van der Waals surface area contributed by atoms with Crippen molar-refractivity contribution in [2.45, 2.75) is 19.9 Å². The molecule has 2 aliphatic carbocycles. The van der Waals surface area contributed by atoms with E-state index in [-0.39, 0.29) is 59.5 Å². The van der Waals surface area contributed by atoms with Gasteiger partial charge < -0.3 is 10.6 Å². The maximum absolute atomic E-state index is 12.6. The Balaban J connectivity index is 0.00000210. The number of carbonyl (C=O) groups excluding carboxylic acids is 2. The monoisotopic (exact) mass is 484 g/mol. The third-order valence-corrected chi connectivity index (χ3v) is 5.79. The standard InChI is InChI=1S/C18H24N6O2.HI/c1-10-13(9-22-23-10)8-21-18(19-2)20-5-6-24-16(25)14-11-3-4-12(7-11)15(14)17(24)26;/h3-4,9,11-12,14-15H,5-8H2,1-2H3,(H,22,23)(H2,19,20,21);1H. The van der Waals surface area contributed by atoms with Crippen LogP contribution < -0.4 is 10.6 Å². The highest BCUT2D eigenvalue weighted by Crippen LogP contribution is 2.52. The topological polar surface area (TPSA) is 102 Å². The predicted octanol–water partition coefficient (Wildman–Crippen LogP) is 0.808. The molecule has 3 N–H and O–H groups in total. The largest absolute Gasteiger partial charge is 0.355 e. The summed E-state index contributed by atoms with van der Waals surface area (Å²) in [6, 6.07) is 0. The van der Waals surface area contributed by atoms with Crippen molar-refractivity contribution < 1.29 is 9.59 Å². The fraction of sp³-hybridized carbons (Fsp3) is 0.556. The summed E-state index contributed by atoms with van der Waals surface area (Å²) >= 11 is 0. The highest BCUT2D eigenvalue weighted by Gasteiger charge is 2.58. The van der Waals surface area contributed by atoms with Crippen molar-refractivity contribution in [1.82, 2.24) is 25.7 Å². The van der Waals surface area contributed by atoms with E-state index in [1.165, 1.54) is 4.90 Å². The number of fused-ring (bicyclic) bond motifs is 5. The molecule has 1 saturated carbocycles. The summed E-state index contributed by atoms with van der Waals surface area (Å²) in [5.41, 5.74) is 2.07. The Kier molecular flexibility index (Phi) is 5.87. The van der Waals surface area contributed by atoms with Crippen molar-refractivity contribution in [2.24, 2.45) is 28.7 Å². The molecule has 1 aromatic heterocycles. The number of aromatic amines is 1. The Morgan fingerprint density at radius 2 is 1.93 bits per heavy atom. The molecule has 3 aliphatic rings. The average Bonchev–Trinajstić information content (AvgIpc) is 3.39. The molecule has 0 aromatic carbocycles. The van der Waals surface area contributed by atoms with Crippen molar-refractivity contribution >= 4 is 41.8 Å². The third-order valence-electron chi connectivity index (χ3n) is 5.79. The van der Waals surface area contributed by atoms with Crippen molar-refractivity contribution in [1.29, 1.82) is 0 Å². The van der Waals surface area contributed by atoms with Gasteiger partial charge >= 0.3 is 0 Å². The Bertz CT molecular complexity index is 759. The minimum absolute atomic E-state index is 0. The first kappa shape index (κ1) is 19.8. The molecule has 2 fully saturated rings. The van der Waals surface area contributed by atoms with Gasteiger partial charge in [0.05, 0.1) is 18.0 Å². The van der Waals surface area contributed by atoms with Gasteiger partial charge in [-0.3, -0.25) is 24.6 Å². The lowest BCUT2D eigenvalue weighted by Gasteiger charge is -2.18. The molecule has 1 saturated heterocycles. The molecule has 0 spiro atoms. The first-order chi connectivity index (χ1) is 12.6. The summed E-state index contributed by atoms with van der Waals surface area (Å²) in [7, 11) is 1.69. The summed E-state index contributed by atoms with van der Waals surface area (Å²) < 4.78 is 0. The molecule has 27 heavy (non-hydrogen) atoms. The van der Waals surface area contributed by atoms with E-state index in [1.807, 2.05) is 6.92 Å². The van der Waals surface area contributed by atoms with Crippen LogP contribution in [0.2, 0.25) is 0 Å². The number of carbonyl (C=O) groups is 2. The Labute approximate surface area is 175 Å². The zero-order valence-corrected chi connectivity index (χ0v) is 17.8. The van der Waals surface area contributed by atoms with Crippen molar-refractivity contribution in [3.63, 3.8) is 0 Å². The number of hydrogen-bond acceptors (Lipinski definition) is 4. The fourth-order valence-electron chi connectivity index (χ4n) is 4.42. The van der Waals surface area contributed by atoms with Gasteiger partial charge in [-0.25, -0.2) is 0 Å². The van der Waals surface area contributed by atoms with Crippen LogP contribution >= 0.6 is 24.0 Å². The summed E-state index contributed by atoms with van der Waals surface area (Å²) in [5.74, 6) is 0.884. The number of amides is 2. The van der Waals surface area contributed by atoms with Gasteiger partial charge in [-0.05, 0) is 25.2 Å². The van der Waals surface area contributed by atoms with Gasteiger partial charge in [0, 0.05) is 37.9 Å². The fourth-order valence-corrected chi connectivity index (χ4v) is 4.42. The number of halogens is 1. The lowest BCUT2D eigenvalue weighted by Crippen LogP contribution is -2.43. The van der Waals surface area contributed by atoms with E-state index in [2.05, 4.69) is 38.0 Å². The van der Waals surface area contributed by atoms with E-state index >= 15 is 0 Å². The Hall–Kier alpha value is -1.91. The van der Waals surface area contributed by atoms with Gasteiger partial charge in [0.2, 0.25) is 11.8 Å². The normalized spacial score (nSPS) is 28.5. The number of imide groups is 1. The van der Waals surface area contributed by atoms with E-state index in [0.29, 0.717) is 25.6 Å². The van der Waals surface area contributed by atoms with Crippen molar-refractivity contribution in [3.8, 4) is 0 Å². The Morgan fingerprint density at radius 3 is 2.48 bits per heavy atom. The highest BCUT2D eigenvalue weighted by atomic mass is 127. The molecular weight excluding hydrogens is 459 g/mol. The molecular formula is C18H25IN6O2. The second-order valence-electron chi connectivity index (χ2n) is 7.20. The second kappa shape index (κ2) is 7.99. The van der Waals surface area contributed by atoms with Gasteiger partial charge in [0.25, 0.3) is 0 Å². The minimum Gasteiger partial charge on any atom is -0.355 e. The van der Waals surface area contributed by atoms with E-state index in [0.717, 1.165) is 17.7 Å². The molecule has 2 heterocycles. The van der Waals surface area contributed by atoms with Crippen LogP contribution in [0, 0.1) is 30.6 Å². The van der Waals surface area contributed by atoms with E-state index in [4.69, 9.17) is 0 Å². The number of allylic oxidation sites excluding steroid dienone is 2. The van der Waals surface area contributed by atoms with Crippen LogP contribution in [-0.4, -0.2) is 53.0 Å². The summed E-state index contributed by atoms with van der Waals surface area (Å²) in [6.07, 6.45) is 6.96.